The number of guanidine groups is 1. The first-order valence-corrected chi connectivity index (χ1v) is 10.0. The number of unbranched alkanes of at least 4 members (excludes halogenated alkanes) is 1. The predicted octanol–water partition coefficient (Wildman–Crippen LogP) is 3.10. The topological polar surface area (TPSA) is 48.9 Å². The Bertz CT molecular complexity index is 363. The molecule has 5 nitrogen and oxygen atoms in total. The van der Waals surface area contributed by atoms with Crippen molar-refractivity contribution in [3.05, 3.63) is 0 Å². The highest BCUT2D eigenvalue weighted by atomic mass is 127. The van der Waals surface area contributed by atoms with Crippen LogP contribution in [0.1, 0.15) is 51.9 Å². The van der Waals surface area contributed by atoms with Crippen molar-refractivity contribution in [1.29, 1.82) is 0 Å². The van der Waals surface area contributed by atoms with E-state index in [1.54, 1.807) is 0 Å². The molecule has 2 rings (SSSR count). The molecule has 1 saturated heterocycles. The van der Waals surface area contributed by atoms with Crippen molar-refractivity contribution in [2.45, 2.75) is 51.9 Å². The van der Waals surface area contributed by atoms with Gasteiger partial charge in [0.1, 0.15) is 0 Å². The van der Waals surface area contributed by atoms with E-state index in [2.05, 4.69) is 27.4 Å². The van der Waals surface area contributed by atoms with Crippen LogP contribution in [0.15, 0.2) is 4.99 Å². The van der Waals surface area contributed by atoms with E-state index in [1.807, 2.05) is 7.05 Å². The Morgan fingerprint density at radius 2 is 1.88 bits per heavy atom. The molecule has 1 unspecified atom stereocenters. The molecule has 0 spiro atoms. The van der Waals surface area contributed by atoms with Crippen LogP contribution in [0.5, 0.6) is 0 Å². The van der Waals surface area contributed by atoms with Gasteiger partial charge in [0.05, 0.1) is 0 Å². The number of aliphatic imine (C=N–C) groups is 1. The molecule has 1 aliphatic heterocycles. The molecule has 148 valence electrons. The summed E-state index contributed by atoms with van der Waals surface area (Å²) < 4.78 is 5.65. The minimum atomic E-state index is 0. The fourth-order valence-electron chi connectivity index (χ4n) is 3.29. The largest absolute Gasteiger partial charge is 0.381 e. The summed E-state index contributed by atoms with van der Waals surface area (Å²) in [6.45, 7) is 9.95. The highest BCUT2D eigenvalue weighted by Crippen LogP contribution is 2.28. The van der Waals surface area contributed by atoms with Crippen molar-refractivity contribution in [3.8, 4) is 0 Å². The Morgan fingerprint density at radius 1 is 1.12 bits per heavy atom. The maximum atomic E-state index is 5.65. The molecule has 25 heavy (non-hydrogen) atoms. The number of halogens is 1. The van der Waals surface area contributed by atoms with Crippen LogP contribution in [-0.2, 0) is 4.74 Å². The number of rotatable bonds is 11. The summed E-state index contributed by atoms with van der Waals surface area (Å²) in [6.07, 6.45) is 9.03. The van der Waals surface area contributed by atoms with Gasteiger partial charge >= 0.3 is 0 Å². The van der Waals surface area contributed by atoms with Gasteiger partial charge in [-0.3, -0.25) is 4.99 Å². The number of nitrogens with zero attached hydrogens (tertiary/aromatic N) is 2. The molecule has 0 radical (unpaired) electrons. The standard InChI is InChI=1S/C19H38N4O.HI/c1-17-7-5-13-23(15-17)12-4-3-10-21-19(20-2)22-11-6-14-24-16-18-8-9-18;/h17-18H,3-16H2,1-2H3,(H2,20,21,22);1H. The highest BCUT2D eigenvalue weighted by molar-refractivity contribution is 14.0. The van der Waals surface area contributed by atoms with Crippen molar-refractivity contribution in [3.63, 3.8) is 0 Å². The van der Waals surface area contributed by atoms with Crippen LogP contribution in [0, 0.1) is 11.8 Å². The minimum Gasteiger partial charge on any atom is -0.381 e. The van der Waals surface area contributed by atoms with E-state index in [-0.39, 0.29) is 24.0 Å². The second-order valence-electron chi connectivity index (χ2n) is 7.55. The highest BCUT2D eigenvalue weighted by Gasteiger charge is 2.20. The Labute approximate surface area is 171 Å². The zero-order valence-electron chi connectivity index (χ0n) is 16.3. The van der Waals surface area contributed by atoms with Gasteiger partial charge < -0.3 is 20.3 Å². The van der Waals surface area contributed by atoms with Crippen LogP contribution < -0.4 is 10.6 Å². The summed E-state index contributed by atoms with van der Waals surface area (Å²) in [5, 5.41) is 6.78. The fraction of sp³-hybridized carbons (Fsp3) is 0.947. The third-order valence-corrected chi connectivity index (χ3v) is 4.97. The molecular weight excluding hydrogens is 427 g/mol. The fourth-order valence-corrected chi connectivity index (χ4v) is 3.29. The monoisotopic (exact) mass is 466 g/mol. The van der Waals surface area contributed by atoms with Crippen molar-refractivity contribution in [2.75, 3.05) is 53.0 Å². The second-order valence-corrected chi connectivity index (χ2v) is 7.55. The second kappa shape index (κ2) is 14.0. The molecule has 2 aliphatic rings. The smallest absolute Gasteiger partial charge is 0.190 e. The van der Waals surface area contributed by atoms with E-state index in [0.717, 1.165) is 50.5 Å². The molecule has 0 amide bonds. The first-order valence-electron chi connectivity index (χ1n) is 10.0. The normalized spacial score (nSPS) is 21.7. The maximum absolute atomic E-state index is 5.65. The Hall–Kier alpha value is -0.0800. The average Bonchev–Trinajstić information content (AvgIpc) is 3.40. The molecule has 2 N–H and O–H groups in total. The van der Waals surface area contributed by atoms with Gasteiger partial charge in [0, 0.05) is 39.9 Å². The van der Waals surface area contributed by atoms with Gasteiger partial charge in [-0.05, 0) is 69.9 Å². The molecule has 0 aromatic carbocycles. The Kier molecular flexibility index (Phi) is 12.9. The van der Waals surface area contributed by atoms with Crippen molar-refractivity contribution in [2.24, 2.45) is 16.8 Å². The molecule has 1 heterocycles. The quantitative estimate of drug-likeness (QED) is 0.213. The molecular formula is C19H39IN4O. The maximum Gasteiger partial charge on any atom is 0.190 e. The number of ether oxygens (including phenoxy) is 1. The van der Waals surface area contributed by atoms with E-state index in [4.69, 9.17) is 4.74 Å². The van der Waals surface area contributed by atoms with E-state index in [1.165, 1.54) is 58.2 Å². The molecule has 0 aromatic rings. The summed E-state index contributed by atoms with van der Waals surface area (Å²) in [6, 6.07) is 0. The van der Waals surface area contributed by atoms with E-state index < -0.39 is 0 Å². The Morgan fingerprint density at radius 3 is 2.56 bits per heavy atom. The van der Waals surface area contributed by atoms with Gasteiger partial charge in [-0.2, -0.15) is 0 Å². The summed E-state index contributed by atoms with van der Waals surface area (Å²) in [5.74, 6) is 2.66. The molecule has 1 saturated carbocycles. The van der Waals surface area contributed by atoms with Gasteiger partial charge in [0.25, 0.3) is 0 Å². The van der Waals surface area contributed by atoms with Crippen molar-refractivity contribution in [1.82, 2.24) is 15.5 Å². The van der Waals surface area contributed by atoms with Crippen LogP contribution in [-0.4, -0.2) is 63.8 Å². The first-order chi connectivity index (χ1) is 11.8. The molecule has 0 aromatic heterocycles. The number of hydrogen-bond acceptors (Lipinski definition) is 3. The SMILES string of the molecule is CN=C(NCCCCN1CCCC(C)C1)NCCCOCC1CC1.I. The third-order valence-electron chi connectivity index (χ3n) is 4.97. The summed E-state index contributed by atoms with van der Waals surface area (Å²) in [5.41, 5.74) is 0. The number of nitrogens with one attached hydrogen (secondary N) is 2. The van der Waals surface area contributed by atoms with Gasteiger partial charge in [0.2, 0.25) is 0 Å². The van der Waals surface area contributed by atoms with Crippen LogP contribution in [0.3, 0.4) is 0 Å². The van der Waals surface area contributed by atoms with Gasteiger partial charge in [-0.1, -0.05) is 6.92 Å². The summed E-state index contributed by atoms with van der Waals surface area (Å²) in [7, 11) is 1.84. The van der Waals surface area contributed by atoms with Crippen molar-refractivity contribution < 1.29 is 4.74 Å². The zero-order valence-corrected chi connectivity index (χ0v) is 18.6. The number of piperidine rings is 1. The first kappa shape index (κ1) is 23.0. The molecule has 0 bridgehead atoms. The van der Waals surface area contributed by atoms with Crippen LogP contribution >= 0.6 is 24.0 Å². The lowest BCUT2D eigenvalue weighted by Crippen LogP contribution is -2.39. The summed E-state index contributed by atoms with van der Waals surface area (Å²) >= 11 is 0. The lowest BCUT2D eigenvalue weighted by Gasteiger charge is -2.30. The molecule has 6 heteroatoms. The predicted molar refractivity (Wildman–Crippen MR) is 117 cm³/mol. The van der Waals surface area contributed by atoms with Gasteiger partial charge in [0.15, 0.2) is 5.96 Å². The molecule has 1 atom stereocenters. The van der Waals surface area contributed by atoms with Gasteiger partial charge in [-0.15, -0.1) is 24.0 Å². The zero-order chi connectivity index (χ0) is 17.0. The average molecular weight is 466 g/mol. The van der Waals surface area contributed by atoms with E-state index in [0.29, 0.717) is 0 Å². The number of likely N-dealkylation sites (tertiary alicyclic amines) is 1. The van der Waals surface area contributed by atoms with Crippen molar-refractivity contribution >= 4 is 29.9 Å². The van der Waals surface area contributed by atoms with Crippen LogP contribution in [0.4, 0.5) is 0 Å². The van der Waals surface area contributed by atoms with Crippen LogP contribution in [0.25, 0.3) is 0 Å². The Balaban J connectivity index is 0.00000312. The molecule has 2 fully saturated rings. The van der Waals surface area contributed by atoms with E-state index >= 15 is 0 Å². The summed E-state index contributed by atoms with van der Waals surface area (Å²) in [4.78, 5) is 6.91. The lowest BCUT2D eigenvalue weighted by molar-refractivity contribution is 0.123. The third kappa shape index (κ3) is 11.3. The van der Waals surface area contributed by atoms with E-state index in [9.17, 15) is 0 Å². The lowest BCUT2D eigenvalue weighted by atomic mass is 10.0. The van der Waals surface area contributed by atoms with Crippen LogP contribution in [0.2, 0.25) is 0 Å². The number of hydrogen-bond donors (Lipinski definition) is 2. The minimum absolute atomic E-state index is 0. The molecule has 1 aliphatic carbocycles. The van der Waals surface area contributed by atoms with Gasteiger partial charge in [-0.25, -0.2) is 0 Å².